The lowest BCUT2D eigenvalue weighted by atomic mass is 10.2. The molecule has 0 atom stereocenters. The monoisotopic (exact) mass is 340 g/mol. The van der Waals surface area contributed by atoms with E-state index in [4.69, 9.17) is 13.3 Å². The number of hydrogen-bond acceptors (Lipinski definition) is 3. The minimum atomic E-state index is -2.53. The average Bonchev–Trinajstić information content (AvgIpc) is 2.45. The molecule has 0 N–H and O–H groups in total. The van der Waals surface area contributed by atoms with Gasteiger partial charge in [-0.2, -0.15) is 0 Å². The second kappa shape index (κ2) is 8.98. The third-order valence-electron chi connectivity index (χ3n) is 3.61. The maximum absolute atomic E-state index is 5.93. The summed E-state index contributed by atoms with van der Waals surface area (Å²) in [4.78, 5) is 0. The minimum Gasteiger partial charge on any atom is -0.374 e. The van der Waals surface area contributed by atoms with Crippen molar-refractivity contribution in [1.29, 1.82) is 0 Å². The normalized spacial score (nSPS) is 12.6. The molecule has 0 amide bonds. The predicted octanol–water partition coefficient (Wildman–Crippen LogP) is 3.82. The van der Waals surface area contributed by atoms with Gasteiger partial charge in [-0.15, -0.1) is 0 Å². The van der Waals surface area contributed by atoms with E-state index in [0.717, 1.165) is 12.5 Å². The van der Waals surface area contributed by atoms with Gasteiger partial charge in [-0.05, 0) is 32.8 Å². The lowest BCUT2D eigenvalue weighted by Crippen LogP contribution is -2.46. The largest absolute Gasteiger partial charge is 0.501 e. The Labute approximate surface area is 138 Å². The zero-order valence-electron chi connectivity index (χ0n) is 15.1. The quantitative estimate of drug-likeness (QED) is 0.606. The van der Waals surface area contributed by atoms with Crippen LogP contribution >= 0.6 is 0 Å². The Bertz CT molecular complexity index is 427. The molecule has 0 aliphatic heterocycles. The Hall–Kier alpha value is -0.466. The third-order valence-corrected chi connectivity index (χ3v) is 8.70. The maximum atomic E-state index is 5.93. The van der Waals surface area contributed by atoms with Gasteiger partial charge in [-0.3, -0.25) is 0 Å². The summed E-state index contributed by atoms with van der Waals surface area (Å²) in [6.45, 7) is 15.1. The van der Waals surface area contributed by atoms with Gasteiger partial charge < -0.3 is 13.3 Å². The van der Waals surface area contributed by atoms with E-state index in [-0.39, 0.29) is 0 Å². The molecular weight excluding hydrogens is 308 g/mol. The summed E-state index contributed by atoms with van der Waals surface area (Å²) in [6.07, 6.45) is 0.949. The molecule has 0 aliphatic carbocycles. The summed E-state index contributed by atoms with van der Waals surface area (Å²) in [6, 6.07) is 9.84. The molecule has 0 radical (unpaired) electrons. The molecule has 126 valence electrons. The van der Waals surface area contributed by atoms with Crippen molar-refractivity contribution in [3.8, 4) is 0 Å². The lowest BCUT2D eigenvalue weighted by Gasteiger charge is -2.28. The van der Waals surface area contributed by atoms with E-state index in [1.807, 2.05) is 20.8 Å². The molecule has 0 aliphatic rings. The van der Waals surface area contributed by atoms with E-state index in [0.29, 0.717) is 19.8 Å². The van der Waals surface area contributed by atoms with Crippen molar-refractivity contribution in [3.05, 3.63) is 29.8 Å². The van der Waals surface area contributed by atoms with E-state index in [1.54, 1.807) is 0 Å². The van der Waals surface area contributed by atoms with Crippen molar-refractivity contribution in [3.63, 3.8) is 0 Å². The van der Waals surface area contributed by atoms with Crippen LogP contribution in [0.3, 0.4) is 0 Å². The highest BCUT2D eigenvalue weighted by Gasteiger charge is 2.39. The highest BCUT2D eigenvalue weighted by molar-refractivity contribution is 6.88. The fraction of sp³-hybridized carbons (Fsp3) is 0.647. The summed E-state index contributed by atoms with van der Waals surface area (Å²) in [5.74, 6) is 0. The molecule has 1 rings (SSSR count). The van der Waals surface area contributed by atoms with Gasteiger partial charge in [0.1, 0.15) is 0 Å². The van der Waals surface area contributed by atoms with Crippen LogP contribution in [-0.2, 0) is 19.7 Å². The molecule has 0 aromatic heterocycles. The van der Waals surface area contributed by atoms with Crippen LogP contribution in [0.4, 0.5) is 0 Å². The van der Waals surface area contributed by atoms with Crippen molar-refractivity contribution >= 4 is 22.1 Å². The number of aryl methyl sites for hydroxylation is 1. The topological polar surface area (TPSA) is 27.7 Å². The lowest BCUT2D eigenvalue weighted by molar-refractivity contribution is 0.0714. The van der Waals surface area contributed by atoms with Crippen LogP contribution in [0.25, 0.3) is 0 Å². The number of hydrogen-bond donors (Lipinski definition) is 0. The summed E-state index contributed by atoms with van der Waals surface area (Å²) in [7, 11) is -3.80. The van der Waals surface area contributed by atoms with Gasteiger partial charge in [-0.25, -0.2) is 0 Å². The first-order chi connectivity index (χ1) is 10.4. The molecule has 0 bridgehead atoms. The second-order valence-electron chi connectivity index (χ2n) is 6.43. The van der Waals surface area contributed by atoms with Gasteiger partial charge in [0, 0.05) is 25.9 Å². The van der Waals surface area contributed by atoms with Crippen LogP contribution in [0.2, 0.25) is 25.7 Å². The molecule has 0 saturated carbocycles. The Balaban J connectivity index is 2.83. The predicted molar refractivity (Wildman–Crippen MR) is 98.6 cm³/mol. The first-order valence-electron chi connectivity index (χ1n) is 8.38. The van der Waals surface area contributed by atoms with Crippen molar-refractivity contribution in [2.24, 2.45) is 0 Å². The summed E-state index contributed by atoms with van der Waals surface area (Å²) in [5, 5.41) is 1.50. The van der Waals surface area contributed by atoms with E-state index >= 15 is 0 Å². The van der Waals surface area contributed by atoms with Crippen LogP contribution < -0.4 is 5.19 Å². The Morgan fingerprint density at radius 2 is 1.41 bits per heavy atom. The average molecular weight is 341 g/mol. The van der Waals surface area contributed by atoms with Crippen LogP contribution in [-0.4, -0.2) is 36.7 Å². The van der Waals surface area contributed by atoms with Gasteiger partial charge in [0.15, 0.2) is 0 Å². The summed E-state index contributed by atoms with van der Waals surface area (Å²) < 4.78 is 17.8. The SMILES string of the molecule is CCO[Si](CCc1cccc([Si](C)(C)C)c1)(OCC)OCC. The molecule has 0 saturated heterocycles. The van der Waals surface area contributed by atoms with Crippen molar-refractivity contribution in [2.45, 2.75) is 52.9 Å². The van der Waals surface area contributed by atoms with E-state index in [9.17, 15) is 0 Å². The molecule has 3 nitrogen and oxygen atoms in total. The molecule has 1 aromatic rings. The Kier molecular flexibility index (Phi) is 7.99. The van der Waals surface area contributed by atoms with Gasteiger partial charge in [0.05, 0.1) is 8.07 Å². The highest BCUT2D eigenvalue weighted by Crippen LogP contribution is 2.19. The van der Waals surface area contributed by atoms with Crippen molar-refractivity contribution < 1.29 is 13.3 Å². The molecule has 22 heavy (non-hydrogen) atoms. The van der Waals surface area contributed by atoms with Crippen LogP contribution in [0.5, 0.6) is 0 Å². The minimum absolute atomic E-state index is 0.640. The maximum Gasteiger partial charge on any atom is 0.501 e. The zero-order valence-corrected chi connectivity index (χ0v) is 17.1. The summed E-state index contributed by atoms with van der Waals surface area (Å²) >= 11 is 0. The fourth-order valence-electron chi connectivity index (χ4n) is 2.49. The van der Waals surface area contributed by atoms with Crippen molar-refractivity contribution in [1.82, 2.24) is 0 Å². The molecule has 0 fully saturated rings. The molecular formula is C17H32O3Si2. The first kappa shape index (κ1) is 19.6. The van der Waals surface area contributed by atoms with Crippen LogP contribution in [0.15, 0.2) is 24.3 Å². The fourth-order valence-corrected chi connectivity index (χ4v) is 6.30. The second-order valence-corrected chi connectivity index (χ2v) is 14.2. The van der Waals surface area contributed by atoms with E-state index in [1.165, 1.54) is 10.8 Å². The smallest absolute Gasteiger partial charge is 0.374 e. The molecule has 1 aromatic carbocycles. The van der Waals surface area contributed by atoms with Gasteiger partial charge in [0.2, 0.25) is 0 Å². The Morgan fingerprint density at radius 1 is 0.864 bits per heavy atom. The van der Waals surface area contributed by atoms with E-state index in [2.05, 4.69) is 43.9 Å². The molecule has 0 spiro atoms. The highest BCUT2D eigenvalue weighted by atomic mass is 28.4. The number of rotatable bonds is 10. The zero-order chi connectivity index (χ0) is 16.6. The van der Waals surface area contributed by atoms with E-state index < -0.39 is 16.9 Å². The van der Waals surface area contributed by atoms with Gasteiger partial charge in [-0.1, -0.05) is 49.1 Å². The molecule has 0 heterocycles. The van der Waals surface area contributed by atoms with Crippen LogP contribution in [0.1, 0.15) is 26.3 Å². The standard InChI is InChI=1S/C17H32O3Si2/c1-7-18-22(19-8-2,20-9-3)14-13-16-11-10-12-17(15-16)21(4,5)6/h10-12,15H,7-9,13-14H2,1-6H3. The summed E-state index contributed by atoms with van der Waals surface area (Å²) in [5.41, 5.74) is 1.36. The van der Waals surface area contributed by atoms with Gasteiger partial charge in [0.25, 0.3) is 0 Å². The van der Waals surface area contributed by atoms with Crippen LogP contribution in [0, 0.1) is 0 Å². The molecule has 0 unspecified atom stereocenters. The molecule has 5 heteroatoms. The number of benzene rings is 1. The third kappa shape index (κ3) is 5.97. The van der Waals surface area contributed by atoms with Crippen molar-refractivity contribution in [2.75, 3.05) is 19.8 Å². The Morgan fingerprint density at radius 3 is 1.86 bits per heavy atom. The first-order valence-corrected chi connectivity index (χ1v) is 13.8. The van der Waals surface area contributed by atoms with Gasteiger partial charge >= 0.3 is 8.80 Å².